The number of nitrogens with one attached hydrogen (secondary N) is 1. The molecule has 0 saturated carbocycles. The van der Waals surface area contributed by atoms with Gasteiger partial charge in [0.25, 0.3) is 0 Å². The summed E-state index contributed by atoms with van der Waals surface area (Å²) in [5.41, 5.74) is 5.50. The molecule has 0 aromatic carbocycles. The standard InChI is InChI=1S/C10H16N4O3/c1-7(15)2-3-10(17)13-8-4-12-14(5-8)6-9(11)16/h4-5,7,15H,2-3,6H2,1H3,(H2,11,16)(H,13,17). The fourth-order valence-electron chi connectivity index (χ4n) is 1.24. The van der Waals surface area contributed by atoms with Gasteiger partial charge in [-0.25, -0.2) is 0 Å². The highest BCUT2D eigenvalue weighted by Gasteiger charge is 2.07. The van der Waals surface area contributed by atoms with Crippen LogP contribution in [0.15, 0.2) is 12.4 Å². The summed E-state index contributed by atoms with van der Waals surface area (Å²) in [6.45, 7) is 1.60. The monoisotopic (exact) mass is 240 g/mol. The summed E-state index contributed by atoms with van der Waals surface area (Å²) in [5, 5.41) is 15.5. The van der Waals surface area contributed by atoms with Gasteiger partial charge in [0.2, 0.25) is 11.8 Å². The Labute approximate surface area is 98.6 Å². The van der Waals surface area contributed by atoms with Gasteiger partial charge in [-0.05, 0) is 13.3 Å². The van der Waals surface area contributed by atoms with Crippen molar-refractivity contribution in [2.24, 2.45) is 5.73 Å². The Bertz CT molecular complexity index is 400. The molecule has 0 spiro atoms. The minimum absolute atomic E-state index is 0.0243. The third-order valence-electron chi connectivity index (χ3n) is 2.02. The second-order valence-electron chi connectivity index (χ2n) is 3.83. The summed E-state index contributed by atoms with van der Waals surface area (Å²) in [6.07, 6.45) is 3.09. The van der Waals surface area contributed by atoms with Gasteiger partial charge in [-0.2, -0.15) is 5.10 Å². The number of carbonyl (C=O) groups excluding carboxylic acids is 2. The number of anilines is 1. The molecule has 4 N–H and O–H groups in total. The van der Waals surface area contributed by atoms with Crippen molar-refractivity contribution in [1.29, 1.82) is 0 Å². The van der Waals surface area contributed by atoms with Gasteiger partial charge in [0.15, 0.2) is 0 Å². The lowest BCUT2D eigenvalue weighted by Gasteiger charge is -2.03. The van der Waals surface area contributed by atoms with Crippen molar-refractivity contribution in [1.82, 2.24) is 9.78 Å². The molecule has 0 aliphatic heterocycles. The maximum Gasteiger partial charge on any atom is 0.239 e. The smallest absolute Gasteiger partial charge is 0.239 e. The van der Waals surface area contributed by atoms with Gasteiger partial charge in [-0.15, -0.1) is 0 Å². The quantitative estimate of drug-likeness (QED) is 0.620. The number of aliphatic hydroxyl groups excluding tert-OH is 1. The largest absolute Gasteiger partial charge is 0.393 e. The summed E-state index contributed by atoms with van der Waals surface area (Å²) < 4.78 is 1.34. The second kappa shape index (κ2) is 6.00. The first kappa shape index (κ1) is 13.2. The highest BCUT2D eigenvalue weighted by Crippen LogP contribution is 2.06. The molecule has 2 amide bonds. The van der Waals surface area contributed by atoms with Gasteiger partial charge in [0.1, 0.15) is 6.54 Å². The average molecular weight is 240 g/mol. The van der Waals surface area contributed by atoms with E-state index in [0.29, 0.717) is 12.1 Å². The molecule has 17 heavy (non-hydrogen) atoms. The lowest BCUT2D eigenvalue weighted by Crippen LogP contribution is -2.18. The number of primary amides is 1. The number of carbonyl (C=O) groups is 2. The number of hydrogen-bond donors (Lipinski definition) is 3. The van der Waals surface area contributed by atoms with Crippen LogP contribution >= 0.6 is 0 Å². The van der Waals surface area contributed by atoms with Crippen LogP contribution in [0.2, 0.25) is 0 Å². The van der Waals surface area contributed by atoms with E-state index in [1.165, 1.54) is 17.1 Å². The Morgan fingerprint density at radius 3 is 2.94 bits per heavy atom. The SMILES string of the molecule is CC(O)CCC(=O)Nc1cnn(CC(N)=O)c1. The average Bonchev–Trinajstić information content (AvgIpc) is 2.61. The first-order chi connectivity index (χ1) is 7.97. The number of hydrogen-bond acceptors (Lipinski definition) is 4. The van der Waals surface area contributed by atoms with Crippen LogP contribution < -0.4 is 11.1 Å². The Morgan fingerprint density at radius 1 is 1.65 bits per heavy atom. The third kappa shape index (κ3) is 5.12. The number of nitrogens with two attached hydrogens (primary N) is 1. The Balaban J connectivity index is 2.43. The van der Waals surface area contributed by atoms with Crippen LogP contribution in [-0.2, 0) is 16.1 Å². The Kier molecular flexibility index (Phi) is 4.65. The van der Waals surface area contributed by atoms with Crippen molar-refractivity contribution < 1.29 is 14.7 Å². The molecular weight excluding hydrogens is 224 g/mol. The molecule has 1 heterocycles. The Hall–Kier alpha value is -1.89. The van der Waals surface area contributed by atoms with Gasteiger partial charge in [-0.1, -0.05) is 0 Å². The molecule has 0 aliphatic rings. The van der Waals surface area contributed by atoms with Crippen LogP contribution in [0.1, 0.15) is 19.8 Å². The molecule has 1 aromatic heterocycles. The first-order valence-corrected chi connectivity index (χ1v) is 5.26. The van der Waals surface area contributed by atoms with Crippen LogP contribution in [0.3, 0.4) is 0 Å². The second-order valence-corrected chi connectivity index (χ2v) is 3.83. The molecule has 1 unspecified atom stereocenters. The third-order valence-corrected chi connectivity index (χ3v) is 2.02. The van der Waals surface area contributed by atoms with E-state index in [1.54, 1.807) is 6.92 Å². The van der Waals surface area contributed by atoms with Crippen LogP contribution in [0.5, 0.6) is 0 Å². The van der Waals surface area contributed by atoms with Crippen LogP contribution in [-0.4, -0.2) is 32.8 Å². The topological polar surface area (TPSA) is 110 Å². The summed E-state index contributed by atoms with van der Waals surface area (Å²) in [4.78, 5) is 22.0. The zero-order chi connectivity index (χ0) is 12.8. The summed E-state index contributed by atoms with van der Waals surface area (Å²) >= 11 is 0. The van der Waals surface area contributed by atoms with Crippen molar-refractivity contribution in [2.75, 3.05) is 5.32 Å². The summed E-state index contributed by atoms with van der Waals surface area (Å²) in [6, 6.07) is 0. The molecule has 0 saturated heterocycles. The van der Waals surface area contributed by atoms with E-state index in [2.05, 4.69) is 10.4 Å². The predicted octanol–water partition coefficient (Wildman–Crippen LogP) is -0.532. The van der Waals surface area contributed by atoms with Gasteiger partial charge >= 0.3 is 0 Å². The van der Waals surface area contributed by atoms with E-state index >= 15 is 0 Å². The van der Waals surface area contributed by atoms with E-state index < -0.39 is 12.0 Å². The number of amides is 2. The van der Waals surface area contributed by atoms with E-state index in [-0.39, 0.29) is 18.9 Å². The fourth-order valence-corrected chi connectivity index (χ4v) is 1.24. The van der Waals surface area contributed by atoms with E-state index in [9.17, 15) is 9.59 Å². The number of nitrogens with zero attached hydrogens (tertiary/aromatic N) is 2. The normalized spacial score (nSPS) is 12.1. The van der Waals surface area contributed by atoms with E-state index in [0.717, 1.165) is 0 Å². The molecule has 1 atom stereocenters. The molecule has 7 nitrogen and oxygen atoms in total. The molecule has 7 heteroatoms. The van der Waals surface area contributed by atoms with Gasteiger partial charge in [0.05, 0.1) is 18.0 Å². The zero-order valence-electron chi connectivity index (χ0n) is 9.59. The first-order valence-electron chi connectivity index (χ1n) is 5.26. The highest BCUT2D eigenvalue weighted by atomic mass is 16.3. The van der Waals surface area contributed by atoms with Gasteiger partial charge in [-0.3, -0.25) is 14.3 Å². The predicted molar refractivity (Wildman–Crippen MR) is 61.0 cm³/mol. The van der Waals surface area contributed by atoms with Crippen molar-refractivity contribution in [3.63, 3.8) is 0 Å². The molecule has 1 aromatic rings. The van der Waals surface area contributed by atoms with Crippen LogP contribution in [0.4, 0.5) is 5.69 Å². The fraction of sp³-hybridized carbons (Fsp3) is 0.500. The number of aromatic nitrogens is 2. The lowest BCUT2D eigenvalue weighted by molar-refractivity contribution is -0.119. The molecule has 94 valence electrons. The molecule has 0 fully saturated rings. The van der Waals surface area contributed by atoms with Crippen molar-refractivity contribution in [3.8, 4) is 0 Å². The maximum absolute atomic E-state index is 11.4. The van der Waals surface area contributed by atoms with Crippen LogP contribution in [0.25, 0.3) is 0 Å². The zero-order valence-corrected chi connectivity index (χ0v) is 9.59. The van der Waals surface area contributed by atoms with Crippen LogP contribution in [0, 0.1) is 0 Å². The lowest BCUT2D eigenvalue weighted by atomic mass is 10.2. The van der Waals surface area contributed by atoms with Crippen molar-refractivity contribution in [3.05, 3.63) is 12.4 Å². The van der Waals surface area contributed by atoms with Crippen molar-refractivity contribution >= 4 is 17.5 Å². The van der Waals surface area contributed by atoms with Crippen molar-refractivity contribution in [2.45, 2.75) is 32.4 Å². The number of aliphatic hydroxyl groups is 1. The molecule has 0 bridgehead atoms. The van der Waals surface area contributed by atoms with E-state index in [4.69, 9.17) is 10.8 Å². The molecule has 0 aliphatic carbocycles. The number of rotatable bonds is 6. The Morgan fingerprint density at radius 2 is 2.35 bits per heavy atom. The molecule has 0 radical (unpaired) electrons. The van der Waals surface area contributed by atoms with Gasteiger partial charge in [0, 0.05) is 12.6 Å². The van der Waals surface area contributed by atoms with Gasteiger partial charge < -0.3 is 16.2 Å². The van der Waals surface area contributed by atoms with E-state index in [1.807, 2.05) is 0 Å². The maximum atomic E-state index is 11.4. The summed E-state index contributed by atoms with van der Waals surface area (Å²) in [7, 11) is 0. The molecule has 1 rings (SSSR count). The minimum Gasteiger partial charge on any atom is -0.393 e. The summed E-state index contributed by atoms with van der Waals surface area (Å²) in [5.74, 6) is -0.704. The highest BCUT2D eigenvalue weighted by molar-refractivity contribution is 5.90. The molecular formula is C10H16N4O3. The minimum atomic E-state index is -0.502.